The van der Waals surface area contributed by atoms with Crippen molar-refractivity contribution in [2.24, 2.45) is 5.92 Å². The molecule has 0 aliphatic heterocycles. The summed E-state index contributed by atoms with van der Waals surface area (Å²) >= 11 is 2.74. The fourth-order valence-corrected chi connectivity index (χ4v) is 1.40. The summed E-state index contributed by atoms with van der Waals surface area (Å²) in [4.78, 5) is 10.5. The first kappa shape index (κ1) is 12.1. The van der Waals surface area contributed by atoms with Gasteiger partial charge in [0.2, 0.25) is 0 Å². The minimum absolute atomic E-state index is 0.108. The Morgan fingerprint density at radius 2 is 1.93 bits per heavy atom. The predicted molar refractivity (Wildman–Crippen MR) is 54.6 cm³/mol. The summed E-state index contributed by atoms with van der Waals surface area (Å²) in [5.74, 6) is -3.09. The van der Waals surface area contributed by atoms with Crippen LogP contribution < -0.4 is 0 Å². The minimum atomic E-state index is -0.987. The fourth-order valence-electron chi connectivity index (χ4n) is 1.17. The van der Waals surface area contributed by atoms with Crippen LogP contribution in [0, 0.1) is 17.6 Å². The van der Waals surface area contributed by atoms with Crippen LogP contribution in [0.4, 0.5) is 8.78 Å². The first-order valence-corrected chi connectivity index (χ1v) is 5.07. The van der Waals surface area contributed by atoms with Gasteiger partial charge in [0.15, 0.2) is 0 Å². The van der Waals surface area contributed by atoms with E-state index in [0.717, 1.165) is 12.1 Å². The van der Waals surface area contributed by atoms with Crippen molar-refractivity contribution < 1.29 is 18.7 Å². The van der Waals surface area contributed by atoms with E-state index in [2.05, 4.69) is 15.9 Å². The fraction of sp³-hybridized carbons (Fsp3) is 0.300. The molecule has 0 amide bonds. The molecule has 1 N–H and O–H groups in total. The van der Waals surface area contributed by atoms with E-state index in [4.69, 9.17) is 5.11 Å². The number of carbonyl (C=O) groups is 1. The summed E-state index contributed by atoms with van der Waals surface area (Å²) < 4.78 is 25.9. The van der Waals surface area contributed by atoms with Crippen molar-refractivity contribution >= 4 is 21.9 Å². The molecular formula is C10H9BrF2O2. The molecule has 0 saturated carbocycles. The van der Waals surface area contributed by atoms with E-state index in [1.807, 2.05) is 0 Å². The molecule has 1 aromatic carbocycles. The molecule has 82 valence electrons. The molecular weight excluding hydrogens is 270 g/mol. The van der Waals surface area contributed by atoms with Gasteiger partial charge in [0, 0.05) is 0 Å². The van der Waals surface area contributed by atoms with Crippen molar-refractivity contribution in [1.29, 1.82) is 0 Å². The van der Waals surface area contributed by atoms with Crippen molar-refractivity contribution in [2.45, 2.75) is 13.3 Å². The third kappa shape index (κ3) is 2.99. The van der Waals surface area contributed by atoms with Gasteiger partial charge in [-0.3, -0.25) is 4.79 Å². The van der Waals surface area contributed by atoms with E-state index in [1.54, 1.807) is 0 Å². The van der Waals surface area contributed by atoms with Crippen molar-refractivity contribution in [1.82, 2.24) is 0 Å². The number of aliphatic carboxylic acids is 1. The van der Waals surface area contributed by atoms with E-state index in [-0.39, 0.29) is 10.9 Å². The number of hydrogen-bond acceptors (Lipinski definition) is 1. The number of carboxylic acid groups (broad SMARTS) is 1. The molecule has 1 rings (SSSR count). The second kappa shape index (κ2) is 4.70. The number of benzene rings is 1. The molecule has 0 aliphatic rings. The average molecular weight is 279 g/mol. The summed E-state index contributed by atoms with van der Waals surface area (Å²) in [6.07, 6.45) is 0.108. The summed E-state index contributed by atoms with van der Waals surface area (Å²) in [5.41, 5.74) is 0.336. The van der Waals surface area contributed by atoms with Gasteiger partial charge < -0.3 is 5.11 Å². The van der Waals surface area contributed by atoms with Crippen LogP contribution in [-0.4, -0.2) is 11.1 Å². The Hall–Kier alpha value is -0.970. The molecule has 1 aromatic rings. The number of rotatable bonds is 3. The van der Waals surface area contributed by atoms with Gasteiger partial charge in [-0.15, -0.1) is 0 Å². The highest BCUT2D eigenvalue weighted by Gasteiger charge is 2.14. The van der Waals surface area contributed by atoms with Gasteiger partial charge in [-0.05, 0) is 40.0 Å². The van der Waals surface area contributed by atoms with Crippen molar-refractivity contribution in [2.75, 3.05) is 0 Å². The lowest BCUT2D eigenvalue weighted by Gasteiger charge is -2.07. The first-order valence-electron chi connectivity index (χ1n) is 4.28. The molecule has 0 saturated heterocycles. The van der Waals surface area contributed by atoms with Crippen LogP contribution in [-0.2, 0) is 11.2 Å². The van der Waals surface area contributed by atoms with E-state index in [9.17, 15) is 13.6 Å². The average Bonchev–Trinajstić information content (AvgIpc) is 2.13. The maximum Gasteiger partial charge on any atom is 0.306 e. The van der Waals surface area contributed by atoms with Crippen LogP contribution in [0.2, 0.25) is 0 Å². The van der Waals surface area contributed by atoms with Gasteiger partial charge in [0.25, 0.3) is 0 Å². The van der Waals surface area contributed by atoms with Gasteiger partial charge in [-0.25, -0.2) is 8.78 Å². The Kier molecular flexibility index (Phi) is 3.79. The zero-order valence-electron chi connectivity index (χ0n) is 7.93. The summed E-state index contributed by atoms with van der Waals surface area (Å²) in [7, 11) is 0. The Balaban J connectivity index is 2.92. The Morgan fingerprint density at radius 3 is 2.33 bits per heavy atom. The highest BCUT2D eigenvalue weighted by molar-refractivity contribution is 9.10. The molecule has 0 bridgehead atoms. The maximum absolute atomic E-state index is 13.1. The minimum Gasteiger partial charge on any atom is -0.481 e. The SMILES string of the molecule is CC(Cc1cc(F)c(Br)c(F)c1)C(=O)O. The second-order valence-corrected chi connectivity index (χ2v) is 4.11. The second-order valence-electron chi connectivity index (χ2n) is 3.32. The zero-order chi connectivity index (χ0) is 11.6. The Morgan fingerprint density at radius 1 is 1.47 bits per heavy atom. The van der Waals surface area contributed by atoms with E-state index in [0.29, 0.717) is 5.56 Å². The third-order valence-corrected chi connectivity index (χ3v) is 2.76. The van der Waals surface area contributed by atoms with Crippen molar-refractivity contribution in [3.05, 3.63) is 33.8 Å². The molecule has 0 heterocycles. The van der Waals surface area contributed by atoms with Crippen LogP contribution in [0.25, 0.3) is 0 Å². The number of hydrogen-bond donors (Lipinski definition) is 1. The van der Waals surface area contributed by atoms with Crippen molar-refractivity contribution in [3.8, 4) is 0 Å². The monoisotopic (exact) mass is 278 g/mol. The highest BCUT2D eigenvalue weighted by Crippen LogP contribution is 2.22. The Labute approximate surface area is 94.0 Å². The van der Waals surface area contributed by atoms with Crippen LogP contribution in [0.5, 0.6) is 0 Å². The lowest BCUT2D eigenvalue weighted by Crippen LogP contribution is -2.12. The number of carboxylic acids is 1. The maximum atomic E-state index is 13.1. The predicted octanol–water partition coefficient (Wildman–Crippen LogP) is 2.99. The molecule has 2 nitrogen and oxygen atoms in total. The molecule has 0 aliphatic carbocycles. The summed E-state index contributed by atoms with van der Waals surface area (Å²) in [6.45, 7) is 1.49. The smallest absolute Gasteiger partial charge is 0.306 e. The van der Waals surface area contributed by atoms with Crippen LogP contribution in [0.15, 0.2) is 16.6 Å². The van der Waals surface area contributed by atoms with Gasteiger partial charge >= 0.3 is 5.97 Å². The molecule has 1 unspecified atom stereocenters. The molecule has 0 fully saturated rings. The summed E-state index contributed by atoms with van der Waals surface area (Å²) in [6, 6.07) is 2.26. The Bertz CT molecular complexity index is 370. The number of halogens is 3. The molecule has 0 radical (unpaired) electrons. The normalized spacial score (nSPS) is 12.5. The van der Waals surface area contributed by atoms with Crippen LogP contribution in [0.1, 0.15) is 12.5 Å². The molecule has 15 heavy (non-hydrogen) atoms. The third-order valence-electron chi connectivity index (χ3n) is 2.01. The van der Waals surface area contributed by atoms with Gasteiger partial charge in [-0.2, -0.15) is 0 Å². The first-order chi connectivity index (χ1) is 6.91. The topological polar surface area (TPSA) is 37.3 Å². The molecule has 5 heteroatoms. The van der Waals surface area contributed by atoms with E-state index in [1.165, 1.54) is 6.92 Å². The van der Waals surface area contributed by atoms with Gasteiger partial charge in [0.05, 0.1) is 10.4 Å². The lowest BCUT2D eigenvalue weighted by molar-refractivity contribution is -0.141. The lowest BCUT2D eigenvalue weighted by atomic mass is 10.0. The van der Waals surface area contributed by atoms with Crippen LogP contribution >= 0.6 is 15.9 Å². The van der Waals surface area contributed by atoms with Gasteiger partial charge in [0.1, 0.15) is 11.6 Å². The zero-order valence-corrected chi connectivity index (χ0v) is 9.51. The standard InChI is InChI=1S/C10H9BrF2O2/c1-5(10(14)15)2-6-3-7(12)9(11)8(13)4-6/h3-5H,2H2,1H3,(H,14,15). The van der Waals surface area contributed by atoms with Crippen LogP contribution in [0.3, 0.4) is 0 Å². The van der Waals surface area contributed by atoms with Gasteiger partial charge in [-0.1, -0.05) is 6.92 Å². The molecule has 1 atom stereocenters. The highest BCUT2D eigenvalue weighted by atomic mass is 79.9. The molecule has 0 spiro atoms. The van der Waals surface area contributed by atoms with E-state index < -0.39 is 23.5 Å². The van der Waals surface area contributed by atoms with E-state index >= 15 is 0 Å². The quantitative estimate of drug-likeness (QED) is 0.863. The summed E-state index contributed by atoms with van der Waals surface area (Å²) in [5, 5.41) is 8.64. The largest absolute Gasteiger partial charge is 0.481 e. The van der Waals surface area contributed by atoms with Crippen molar-refractivity contribution in [3.63, 3.8) is 0 Å². The molecule has 0 aromatic heterocycles.